The quantitative estimate of drug-likeness (QED) is 0.597. The molecule has 0 spiro atoms. The summed E-state index contributed by atoms with van der Waals surface area (Å²) in [7, 11) is 1.66. The van der Waals surface area contributed by atoms with Crippen LogP contribution in [0.5, 0.6) is 5.75 Å². The first kappa shape index (κ1) is 20.3. The Bertz CT molecular complexity index is 988. The van der Waals surface area contributed by atoms with E-state index in [1.165, 1.54) is 11.1 Å². The molecule has 0 saturated carbocycles. The van der Waals surface area contributed by atoms with Crippen molar-refractivity contribution in [3.05, 3.63) is 101 Å². The Labute approximate surface area is 178 Å². The highest BCUT2D eigenvalue weighted by Crippen LogP contribution is 2.31. The molecule has 1 atom stereocenters. The summed E-state index contributed by atoms with van der Waals surface area (Å²) in [6.07, 6.45) is 1.59. The summed E-state index contributed by atoms with van der Waals surface area (Å²) < 4.78 is 5.35. The van der Waals surface area contributed by atoms with Gasteiger partial charge in [-0.3, -0.25) is 10.1 Å². The molecule has 0 fully saturated rings. The van der Waals surface area contributed by atoms with Gasteiger partial charge in [0.15, 0.2) is 5.78 Å². The Hall–Kier alpha value is -2.95. The Balaban J connectivity index is 1.55. The number of methoxy groups -OCH3 is 1. The molecule has 0 bridgehead atoms. The summed E-state index contributed by atoms with van der Waals surface area (Å²) in [5.41, 5.74) is 3.62. The molecule has 4 heteroatoms. The van der Waals surface area contributed by atoms with Crippen LogP contribution < -0.4 is 15.4 Å². The van der Waals surface area contributed by atoms with Gasteiger partial charge in [-0.15, -0.1) is 0 Å². The van der Waals surface area contributed by atoms with Crippen molar-refractivity contribution < 1.29 is 9.53 Å². The van der Waals surface area contributed by atoms with Gasteiger partial charge in [0.05, 0.1) is 12.6 Å². The molecule has 1 aliphatic carbocycles. The number of benzene rings is 3. The van der Waals surface area contributed by atoms with E-state index in [0.717, 1.165) is 36.3 Å². The van der Waals surface area contributed by atoms with Crippen LogP contribution in [0, 0.1) is 0 Å². The molecule has 154 valence electrons. The molecule has 30 heavy (non-hydrogen) atoms. The topological polar surface area (TPSA) is 50.4 Å². The lowest BCUT2D eigenvalue weighted by molar-refractivity contribution is 0.0817. The number of nitrogens with one attached hydrogen (secondary N) is 2. The Morgan fingerprint density at radius 3 is 2.23 bits per heavy atom. The highest BCUT2D eigenvalue weighted by atomic mass is 16.5. The largest absolute Gasteiger partial charge is 0.497 e. The van der Waals surface area contributed by atoms with E-state index in [0.29, 0.717) is 13.1 Å². The molecule has 0 aromatic heterocycles. The number of carbonyl (C=O) groups excluding carboxylic acids is 1. The zero-order valence-electron chi connectivity index (χ0n) is 17.4. The summed E-state index contributed by atoms with van der Waals surface area (Å²) in [5.74, 6) is 0.955. The zero-order chi connectivity index (χ0) is 20.8. The van der Waals surface area contributed by atoms with Crippen molar-refractivity contribution in [1.29, 1.82) is 0 Å². The fraction of sp³-hybridized carbons (Fsp3) is 0.269. The lowest BCUT2D eigenvalue weighted by atomic mass is 9.76. The maximum absolute atomic E-state index is 13.7. The number of hydrogen-bond acceptors (Lipinski definition) is 4. The van der Waals surface area contributed by atoms with Gasteiger partial charge in [-0.25, -0.2) is 0 Å². The van der Waals surface area contributed by atoms with Crippen molar-refractivity contribution in [2.24, 2.45) is 0 Å². The van der Waals surface area contributed by atoms with E-state index in [1.54, 1.807) is 7.11 Å². The number of ketones is 1. The second-order valence-corrected chi connectivity index (χ2v) is 7.86. The number of carbonyl (C=O) groups is 1. The molecule has 4 rings (SSSR count). The monoisotopic (exact) mass is 400 g/mol. The van der Waals surface area contributed by atoms with Crippen molar-refractivity contribution in [3.63, 3.8) is 0 Å². The molecule has 1 aliphatic rings. The minimum atomic E-state index is -0.633. The van der Waals surface area contributed by atoms with Crippen molar-refractivity contribution >= 4 is 5.78 Å². The number of Topliss-reactive ketones (excluding diaryl/α,β-unsaturated/α-hetero) is 1. The third kappa shape index (κ3) is 4.45. The summed E-state index contributed by atoms with van der Waals surface area (Å²) in [6.45, 7) is 1.97. The van der Waals surface area contributed by atoms with Gasteiger partial charge in [0.25, 0.3) is 0 Å². The van der Waals surface area contributed by atoms with Crippen LogP contribution in [0.15, 0.2) is 78.9 Å². The van der Waals surface area contributed by atoms with Crippen molar-refractivity contribution in [2.45, 2.75) is 31.5 Å². The van der Waals surface area contributed by atoms with Crippen LogP contribution in [-0.4, -0.2) is 25.0 Å². The second-order valence-electron chi connectivity index (χ2n) is 7.86. The number of ether oxygens (including phenoxy) is 1. The van der Waals surface area contributed by atoms with Crippen molar-refractivity contribution in [1.82, 2.24) is 10.6 Å². The van der Waals surface area contributed by atoms with Gasteiger partial charge in [-0.1, -0.05) is 60.7 Å². The lowest BCUT2D eigenvalue weighted by Crippen LogP contribution is -2.59. The number of aryl methyl sites for hydroxylation is 1. The third-order valence-electron chi connectivity index (χ3n) is 5.89. The molecule has 1 unspecified atom stereocenters. The minimum absolute atomic E-state index is 0.155. The minimum Gasteiger partial charge on any atom is -0.497 e. The average molecular weight is 401 g/mol. The standard InChI is InChI=1S/C26H28N2O2/c1-30-23-12-13-24-22(16-23)14-15-26(25(24)29,28-18-21-10-6-3-7-11-21)19-27-17-20-8-4-2-5-9-20/h2-13,16,27-28H,14-15,17-19H2,1H3. The molecular formula is C26H28N2O2. The van der Waals surface area contributed by atoms with Gasteiger partial charge in [0, 0.05) is 25.2 Å². The molecule has 4 nitrogen and oxygen atoms in total. The van der Waals surface area contributed by atoms with Gasteiger partial charge in [-0.2, -0.15) is 0 Å². The molecule has 0 aliphatic heterocycles. The first-order chi connectivity index (χ1) is 14.7. The van der Waals surface area contributed by atoms with Crippen LogP contribution in [0.1, 0.15) is 33.5 Å². The zero-order valence-corrected chi connectivity index (χ0v) is 17.4. The van der Waals surface area contributed by atoms with Crippen LogP contribution in [0.3, 0.4) is 0 Å². The fourth-order valence-corrected chi connectivity index (χ4v) is 4.13. The maximum Gasteiger partial charge on any atom is 0.184 e. The highest BCUT2D eigenvalue weighted by molar-refractivity contribution is 6.05. The molecule has 0 amide bonds. The van der Waals surface area contributed by atoms with Gasteiger partial charge >= 0.3 is 0 Å². The van der Waals surface area contributed by atoms with Crippen LogP contribution in [0.4, 0.5) is 0 Å². The van der Waals surface area contributed by atoms with E-state index in [1.807, 2.05) is 54.6 Å². The lowest BCUT2D eigenvalue weighted by Gasteiger charge is -2.38. The van der Waals surface area contributed by atoms with Crippen LogP contribution in [0.2, 0.25) is 0 Å². The number of fused-ring (bicyclic) bond motifs is 1. The molecule has 3 aromatic carbocycles. The smallest absolute Gasteiger partial charge is 0.184 e. The Morgan fingerprint density at radius 2 is 1.57 bits per heavy atom. The first-order valence-electron chi connectivity index (χ1n) is 10.5. The van der Waals surface area contributed by atoms with Crippen molar-refractivity contribution in [2.75, 3.05) is 13.7 Å². The van der Waals surface area contributed by atoms with Crippen LogP contribution >= 0.6 is 0 Å². The van der Waals surface area contributed by atoms with Gasteiger partial charge in [0.1, 0.15) is 5.75 Å². The van der Waals surface area contributed by atoms with Crippen LogP contribution in [-0.2, 0) is 19.5 Å². The highest BCUT2D eigenvalue weighted by Gasteiger charge is 2.42. The Kier molecular flexibility index (Phi) is 6.26. The first-order valence-corrected chi connectivity index (χ1v) is 10.5. The summed E-state index contributed by atoms with van der Waals surface area (Å²) in [5, 5.41) is 7.14. The van der Waals surface area contributed by atoms with E-state index in [4.69, 9.17) is 4.74 Å². The SMILES string of the molecule is COc1ccc2c(c1)CCC(CNCc1ccccc1)(NCc1ccccc1)C2=O. The van der Waals surface area contributed by atoms with Gasteiger partial charge in [0.2, 0.25) is 0 Å². The Morgan fingerprint density at radius 1 is 0.900 bits per heavy atom. The van der Waals surface area contributed by atoms with Gasteiger partial charge in [-0.05, 0) is 47.7 Å². The maximum atomic E-state index is 13.7. The fourth-order valence-electron chi connectivity index (χ4n) is 4.13. The molecule has 0 heterocycles. The molecule has 3 aromatic rings. The van der Waals surface area contributed by atoms with Gasteiger partial charge < -0.3 is 10.1 Å². The van der Waals surface area contributed by atoms with E-state index < -0.39 is 5.54 Å². The number of rotatable bonds is 8. The predicted molar refractivity (Wildman–Crippen MR) is 120 cm³/mol. The summed E-state index contributed by atoms with van der Waals surface area (Å²) in [6, 6.07) is 26.3. The molecule has 2 N–H and O–H groups in total. The van der Waals surface area contributed by atoms with E-state index in [-0.39, 0.29) is 5.78 Å². The third-order valence-corrected chi connectivity index (χ3v) is 5.89. The van der Waals surface area contributed by atoms with E-state index >= 15 is 0 Å². The normalized spacial score (nSPS) is 18.1. The van der Waals surface area contributed by atoms with Crippen molar-refractivity contribution in [3.8, 4) is 5.75 Å². The van der Waals surface area contributed by atoms with Crippen LogP contribution in [0.25, 0.3) is 0 Å². The molecule has 0 radical (unpaired) electrons. The second kappa shape index (κ2) is 9.24. The number of hydrogen-bond donors (Lipinski definition) is 2. The summed E-state index contributed by atoms with van der Waals surface area (Å²) >= 11 is 0. The van der Waals surface area contributed by atoms with E-state index in [2.05, 4.69) is 34.9 Å². The average Bonchev–Trinajstić information content (AvgIpc) is 2.81. The summed E-state index contributed by atoms with van der Waals surface area (Å²) in [4.78, 5) is 13.7. The predicted octanol–water partition coefficient (Wildman–Crippen LogP) is 4.14. The molecule has 0 saturated heterocycles. The van der Waals surface area contributed by atoms with E-state index in [9.17, 15) is 4.79 Å². The molecular weight excluding hydrogens is 372 g/mol.